The minimum Gasteiger partial charge on any atom is -0.330 e. The second-order valence-corrected chi connectivity index (χ2v) is 6.06. The van der Waals surface area contributed by atoms with Crippen LogP contribution in [0.2, 0.25) is 0 Å². The quantitative estimate of drug-likeness (QED) is 0.809. The van der Waals surface area contributed by atoms with Crippen molar-refractivity contribution in [2.24, 2.45) is 5.73 Å². The monoisotopic (exact) mass is 246 g/mol. The molecular weight excluding hydrogens is 220 g/mol. The molecular formula is C16H26N2. The first kappa shape index (κ1) is 13.6. The molecule has 1 aliphatic rings. The van der Waals surface area contributed by atoms with Crippen LogP contribution in [0.1, 0.15) is 43.4 Å². The number of fused-ring (bicyclic) bond motifs is 1. The van der Waals surface area contributed by atoms with Crippen molar-refractivity contribution in [1.82, 2.24) is 5.32 Å². The highest BCUT2D eigenvalue weighted by Gasteiger charge is 2.15. The predicted octanol–water partition coefficient (Wildman–Crippen LogP) is 2.43. The molecule has 2 rings (SSSR count). The molecule has 2 nitrogen and oxygen atoms in total. The van der Waals surface area contributed by atoms with Gasteiger partial charge in [-0.05, 0) is 75.7 Å². The SMILES string of the molecule is CC(C)(CCN)NCCc1ccc2c(c1)CCC2. The molecule has 2 heteroatoms. The summed E-state index contributed by atoms with van der Waals surface area (Å²) in [7, 11) is 0. The first-order chi connectivity index (χ1) is 8.61. The van der Waals surface area contributed by atoms with Crippen LogP contribution in [0.25, 0.3) is 0 Å². The van der Waals surface area contributed by atoms with E-state index in [-0.39, 0.29) is 5.54 Å². The summed E-state index contributed by atoms with van der Waals surface area (Å²) in [6.07, 6.45) is 6.02. The molecule has 1 aliphatic carbocycles. The molecule has 0 aromatic heterocycles. The normalized spacial score (nSPS) is 14.8. The van der Waals surface area contributed by atoms with E-state index in [4.69, 9.17) is 5.73 Å². The Labute approximate surface area is 111 Å². The van der Waals surface area contributed by atoms with Gasteiger partial charge in [-0.2, -0.15) is 0 Å². The first-order valence-electron chi connectivity index (χ1n) is 7.16. The second kappa shape index (κ2) is 5.85. The average Bonchev–Trinajstić information content (AvgIpc) is 2.75. The van der Waals surface area contributed by atoms with Gasteiger partial charge in [0, 0.05) is 5.54 Å². The molecule has 3 N–H and O–H groups in total. The maximum Gasteiger partial charge on any atom is 0.0137 e. The maximum absolute atomic E-state index is 5.62. The molecule has 0 saturated carbocycles. The molecule has 0 fully saturated rings. The molecule has 0 saturated heterocycles. The highest BCUT2D eigenvalue weighted by Crippen LogP contribution is 2.22. The van der Waals surface area contributed by atoms with Gasteiger partial charge < -0.3 is 11.1 Å². The Kier molecular flexibility index (Phi) is 4.41. The van der Waals surface area contributed by atoms with Gasteiger partial charge in [0.15, 0.2) is 0 Å². The molecule has 1 aromatic rings. The van der Waals surface area contributed by atoms with E-state index in [0.717, 1.165) is 25.9 Å². The fourth-order valence-corrected chi connectivity index (χ4v) is 2.78. The van der Waals surface area contributed by atoms with Crippen LogP contribution in [0.3, 0.4) is 0 Å². The molecule has 0 bridgehead atoms. The number of nitrogens with one attached hydrogen (secondary N) is 1. The topological polar surface area (TPSA) is 38.0 Å². The van der Waals surface area contributed by atoms with E-state index in [0.29, 0.717) is 0 Å². The van der Waals surface area contributed by atoms with Crippen molar-refractivity contribution in [2.45, 2.75) is 51.5 Å². The van der Waals surface area contributed by atoms with Gasteiger partial charge in [-0.1, -0.05) is 18.2 Å². The van der Waals surface area contributed by atoms with Gasteiger partial charge in [0.05, 0.1) is 0 Å². The summed E-state index contributed by atoms with van der Waals surface area (Å²) in [5, 5.41) is 3.60. The molecule has 100 valence electrons. The van der Waals surface area contributed by atoms with Crippen LogP contribution in [0.15, 0.2) is 18.2 Å². The van der Waals surface area contributed by atoms with Crippen LogP contribution in [-0.2, 0) is 19.3 Å². The smallest absolute Gasteiger partial charge is 0.0137 e. The highest BCUT2D eigenvalue weighted by atomic mass is 14.9. The fraction of sp³-hybridized carbons (Fsp3) is 0.625. The minimum atomic E-state index is 0.158. The van der Waals surface area contributed by atoms with Gasteiger partial charge in [0.1, 0.15) is 0 Å². The number of hydrogen-bond acceptors (Lipinski definition) is 2. The van der Waals surface area contributed by atoms with E-state index in [1.54, 1.807) is 11.1 Å². The van der Waals surface area contributed by atoms with Crippen molar-refractivity contribution in [1.29, 1.82) is 0 Å². The molecule has 0 atom stereocenters. The third-order valence-corrected chi connectivity index (χ3v) is 3.95. The lowest BCUT2D eigenvalue weighted by Gasteiger charge is -2.25. The minimum absolute atomic E-state index is 0.158. The Morgan fingerprint density at radius 1 is 1.22 bits per heavy atom. The van der Waals surface area contributed by atoms with E-state index >= 15 is 0 Å². The Morgan fingerprint density at radius 2 is 2.00 bits per heavy atom. The van der Waals surface area contributed by atoms with Gasteiger partial charge in [-0.25, -0.2) is 0 Å². The maximum atomic E-state index is 5.62. The summed E-state index contributed by atoms with van der Waals surface area (Å²) in [5.41, 5.74) is 10.4. The Balaban J connectivity index is 1.84. The molecule has 0 amide bonds. The van der Waals surface area contributed by atoms with Gasteiger partial charge in [-0.15, -0.1) is 0 Å². The predicted molar refractivity (Wildman–Crippen MR) is 77.9 cm³/mol. The average molecular weight is 246 g/mol. The summed E-state index contributed by atoms with van der Waals surface area (Å²) in [6, 6.07) is 7.02. The van der Waals surface area contributed by atoms with Crippen molar-refractivity contribution in [2.75, 3.05) is 13.1 Å². The zero-order valence-corrected chi connectivity index (χ0v) is 11.8. The standard InChI is InChI=1S/C16H26N2/c1-16(2,9-10-17)18-11-8-13-6-7-14-4-3-5-15(14)12-13/h6-7,12,18H,3-5,8-11,17H2,1-2H3. The van der Waals surface area contributed by atoms with Gasteiger partial charge in [-0.3, -0.25) is 0 Å². The van der Waals surface area contributed by atoms with E-state index < -0.39 is 0 Å². The van der Waals surface area contributed by atoms with Crippen molar-refractivity contribution < 1.29 is 0 Å². The largest absolute Gasteiger partial charge is 0.330 e. The number of hydrogen-bond donors (Lipinski definition) is 2. The van der Waals surface area contributed by atoms with E-state index in [1.807, 2.05) is 0 Å². The van der Waals surface area contributed by atoms with Gasteiger partial charge in [0.25, 0.3) is 0 Å². The summed E-state index contributed by atoms with van der Waals surface area (Å²) < 4.78 is 0. The van der Waals surface area contributed by atoms with E-state index in [2.05, 4.69) is 37.4 Å². The van der Waals surface area contributed by atoms with E-state index in [9.17, 15) is 0 Å². The zero-order chi connectivity index (χ0) is 13.0. The first-order valence-corrected chi connectivity index (χ1v) is 7.16. The Bertz CT molecular complexity index is 396. The summed E-state index contributed by atoms with van der Waals surface area (Å²) >= 11 is 0. The highest BCUT2D eigenvalue weighted by molar-refractivity contribution is 5.35. The van der Waals surface area contributed by atoms with Crippen LogP contribution in [-0.4, -0.2) is 18.6 Å². The lowest BCUT2D eigenvalue weighted by atomic mass is 10.00. The summed E-state index contributed by atoms with van der Waals surface area (Å²) in [5.74, 6) is 0. The fourth-order valence-electron chi connectivity index (χ4n) is 2.78. The lowest BCUT2D eigenvalue weighted by molar-refractivity contribution is 0.370. The van der Waals surface area contributed by atoms with Crippen LogP contribution in [0.4, 0.5) is 0 Å². The number of rotatable bonds is 6. The summed E-state index contributed by atoms with van der Waals surface area (Å²) in [4.78, 5) is 0. The molecule has 18 heavy (non-hydrogen) atoms. The van der Waals surface area contributed by atoms with Crippen molar-refractivity contribution in [3.63, 3.8) is 0 Å². The van der Waals surface area contributed by atoms with Crippen molar-refractivity contribution in [3.8, 4) is 0 Å². The molecule has 0 radical (unpaired) electrons. The third-order valence-electron chi connectivity index (χ3n) is 3.95. The van der Waals surface area contributed by atoms with Crippen LogP contribution in [0.5, 0.6) is 0 Å². The molecule has 0 aliphatic heterocycles. The van der Waals surface area contributed by atoms with Crippen LogP contribution < -0.4 is 11.1 Å². The number of nitrogens with two attached hydrogens (primary N) is 1. The lowest BCUT2D eigenvalue weighted by Crippen LogP contribution is -2.42. The van der Waals surface area contributed by atoms with Crippen LogP contribution >= 0.6 is 0 Å². The molecule has 0 unspecified atom stereocenters. The third kappa shape index (κ3) is 3.56. The summed E-state index contributed by atoms with van der Waals surface area (Å²) in [6.45, 7) is 6.23. The number of aryl methyl sites for hydroxylation is 2. The second-order valence-electron chi connectivity index (χ2n) is 6.06. The molecule has 1 aromatic carbocycles. The molecule has 0 spiro atoms. The van der Waals surface area contributed by atoms with Crippen molar-refractivity contribution >= 4 is 0 Å². The van der Waals surface area contributed by atoms with E-state index in [1.165, 1.54) is 24.8 Å². The van der Waals surface area contributed by atoms with Gasteiger partial charge in [0.2, 0.25) is 0 Å². The Hall–Kier alpha value is -0.860. The molecule has 0 heterocycles. The van der Waals surface area contributed by atoms with Crippen LogP contribution in [0, 0.1) is 0 Å². The zero-order valence-electron chi connectivity index (χ0n) is 11.8. The van der Waals surface area contributed by atoms with Gasteiger partial charge >= 0.3 is 0 Å². The Morgan fingerprint density at radius 3 is 2.78 bits per heavy atom. The van der Waals surface area contributed by atoms with Crippen molar-refractivity contribution in [3.05, 3.63) is 34.9 Å². The number of benzene rings is 1.